The summed E-state index contributed by atoms with van der Waals surface area (Å²) in [4.78, 5) is 31.0. The highest BCUT2D eigenvalue weighted by Crippen LogP contribution is 2.27. The third-order valence-corrected chi connectivity index (χ3v) is 3.90. The Balaban J connectivity index is 2.33. The molecular weight excluding hydrogens is 377 g/mol. The number of hydrogen-bond acceptors (Lipinski definition) is 5. The predicted octanol–water partition coefficient (Wildman–Crippen LogP) is 3.22. The molecule has 9 heteroatoms. The molecule has 26 heavy (non-hydrogen) atoms. The van der Waals surface area contributed by atoms with E-state index < -0.39 is 11.8 Å². The molecule has 0 fully saturated rings. The van der Waals surface area contributed by atoms with E-state index in [1.807, 2.05) is 0 Å². The third kappa shape index (κ3) is 4.87. The molecule has 0 saturated heterocycles. The van der Waals surface area contributed by atoms with E-state index in [2.05, 4.69) is 15.3 Å². The Kier molecular flexibility index (Phi) is 6.43. The number of nitrogens with two attached hydrogens (primary N) is 1. The topological polar surface area (TPSA) is 121 Å². The molecule has 7 nitrogen and oxygen atoms in total. The number of carbonyl (C=O) groups is 2. The van der Waals surface area contributed by atoms with E-state index in [1.54, 1.807) is 24.3 Å². The van der Waals surface area contributed by atoms with Crippen molar-refractivity contribution in [2.75, 3.05) is 5.32 Å². The molecule has 0 aliphatic rings. The van der Waals surface area contributed by atoms with Crippen LogP contribution in [0.4, 0.5) is 11.5 Å². The second kappa shape index (κ2) is 8.55. The largest absolute Gasteiger partial charge is 0.369 e. The van der Waals surface area contributed by atoms with Gasteiger partial charge in [-0.2, -0.15) is 0 Å². The van der Waals surface area contributed by atoms with Crippen molar-refractivity contribution in [3.05, 3.63) is 52.1 Å². The first-order valence-electron chi connectivity index (χ1n) is 7.39. The highest BCUT2D eigenvalue weighted by molar-refractivity contribution is 6.36. The number of aliphatic imine (C=N–C) groups is 1. The van der Waals surface area contributed by atoms with Crippen molar-refractivity contribution in [2.45, 2.75) is 6.92 Å². The zero-order chi connectivity index (χ0) is 19.3. The third-order valence-electron chi connectivity index (χ3n) is 3.28. The van der Waals surface area contributed by atoms with Crippen molar-refractivity contribution >= 4 is 58.4 Å². The zero-order valence-electron chi connectivity index (χ0n) is 13.7. The van der Waals surface area contributed by atoms with Gasteiger partial charge in [-0.25, -0.2) is 4.98 Å². The van der Waals surface area contributed by atoms with Crippen LogP contribution in [0.25, 0.3) is 0 Å². The van der Waals surface area contributed by atoms with Crippen molar-refractivity contribution in [2.24, 2.45) is 16.6 Å². The van der Waals surface area contributed by atoms with Gasteiger partial charge in [-0.1, -0.05) is 41.4 Å². The summed E-state index contributed by atoms with van der Waals surface area (Å²) in [5.74, 6) is -1.91. The van der Waals surface area contributed by atoms with Crippen LogP contribution in [0.3, 0.4) is 0 Å². The van der Waals surface area contributed by atoms with Gasteiger partial charge in [0.1, 0.15) is 11.7 Å². The summed E-state index contributed by atoms with van der Waals surface area (Å²) in [5.41, 5.74) is 5.97. The quantitative estimate of drug-likeness (QED) is 0.655. The lowest BCUT2D eigenvalue weighted by Crippen LogP contribution is -2.31. The fourth-order valence-corrected chi connectivity index (χ4v) is 2.46. The highest BCUT2D eigenvalue weighted by Gasteiger charge is 2.22. The molecular formula is C17H15Cl2N5O2. The minimum Gasteiger partial charge on any atom is -0.369 e. The van der Waals surface area contributed by atoms with Gasteiger partial charge >= 0.3 is 0 Å². The smallest absolute Gasteiger partial charge is 0.232 e. The van der Waals surface area contributed by atoms with E-state index in [9.17, 15) is 9.59 Å². The minimum atomic E-state index is -1.11. The SMILES string of the molecule is CC(=O)Nc1cc(N=CC(C(=N)c2ccccc2Cl)C(N)=O)c(Cl)cn1. The van der Waals surface area contributed by atoms with Crippen LogP contribution in [0.15, 0.2) is 41.5 Å². The van der Waals surface area contributed by atoms with Crippen LogP contribution in [-0.2, 0) is 9.59 Å². The fraction of sp³-hybridized carbons (Fsp3) is 0.118. The summed E-state index contributed by atoms with van der Waals surface area (Å²) in [6.07, 6.45) is 2.53. The molecule has 0 bridgehead atoms. The molecule has 4 N–H and O–H groups in total. The monoisotopic (exact) mass is 391 g/mol. The van der Waals surface area contributed by atoms with Crippen LogP contribution in [0.1, 0.15) is 12.5 Å². The number of pyridine rings is 1. The van der Waals surface area contributed by atoms with Crippen molar-refractivity contribution in [1.29, 1.82) is 5.41 Å². The Morgan fingerprint density at radius 1 is 1.31 bits per heavy atom. The summed E-state index contributed by atoms with van der Waals surface area (Å²) in [5, 5.41) is 11.3. The van der Waals surface area contributed by atoms with Crippen molar-refractivity contribution in [1.82, 2.24) is 4.98 Å². The molecule has 0 radical (unpaired) electrons. The van der Waals surface area contributed by atoms with E-state index in [0.29, 0.717) is 10.6 Å². The minimum absolute atomic E-state index is 0.0842. The summed E-state index contributed by atoms with van der Waals surface area (Å²) in [6, 6.07) is 8.08. The molecule has 0 aliphatic carbocycles. The first kappa shape index (κ1) is 19.6. The van der Waals surface area contributed by atoms with Crippen molar-refractivity contribution in [3.63, 3.8) is 0 Å². The first-order chi connectivity index (χ1) is 12.3. The number of rotatable bonds is 6. The van der Waals surface area contributed by atoms with Crippen molar-refractivity contribution < 1.29 is 9.59 Å². The standard InChI is InChI=1S/C17H15Cl2N5O2/c1-9(25)24-15-6-14(13(19)8-23-15)22-7-11(17(21)26)16(20)10-4-2-3-5-12(10)18/h2-8,11,20H,1H3,(H2,21,26)(H,23,24,25). The summed E-state index contributed by atoms with van der Waals surface area (Å²) in [7, 11) is 0. The molecule has 2 aromatic rings. The van der Waals surface area contributed by atoms with E-state index in [4.69, 9.17) is 34.3 Å². The number of nitrogens with one attached hydrogen (secondary N) is 2. The van der Waals surface area contributed by atoms with E-state index in [-0.39, 0.29) is 28.1 Å². The Morgan fingerprint density at radius 3 is 2.62 bits per heavy atom. The van der Waals surface area contributed by atoms with Gasteiger partial charge in [0, 0.05) is 29.8 Å². The summed E-state index contributed by atoms with van der Waals surface area (Å²) >= 11 is 12.1. The number of primary amides is 1. The zero-order valence-corrected chi connectivity index (χ0v) is 15.2. The molecule has 2 amide bonds. The van der Waals surface area contributed by atoms with Crippen LogP contribution in [0, 0.1) is 11.3 Å². The maximum atomic E-state index is 11.8. The number of nitrogens with zero attached hydrogens (tertiary/aromatic N) is 2. The molecule has 1 aromatic heterocycles. The first-order valence-corrected chi connectivity index (χ1v) is 8.15. The van der Waals surface area contributed by atoms with Crippen LogP contribution >= 0.6 is 23.2 Å². The summed E-state index contributed by atoms with van der Waals surface area (Å²) in [6.45, 7) is 1.34. The van der Waals surface area contributed by atoms with E-state index >= 15 is 0 Å². The molecule has 0 spiro atoms. The Bertz CT molecular complexity index is 898. The number of halogens is 2. The van der Waals surface area contributed by atoms with Gasteiger partial charge in [0.05, 0.1) is 22.6 Å². The molecule has 2 rings (SSSR count). The highest BCUT2D eigenvalue weighted by atomic mass is 35.5. The normalized spacial score (nSPS) is 12.0. The molecule has 1 atom stereocenters. The number of aromatic nitrogens is 1. The number of anilines is 1. The van der Waals surface area contributed by atoms with Crippen LogP contribution < -0.4 is 11.1 Å². The Labute approximate surface area is 159 Å². The van der Waals surface area contributed by atoms with Crippen LogP contribution in [0.5, 0.6) is 0 Å². The lowest BCUT2D eigenvalue weighted by Gasteiger charge is -2.12. The number of carbonyl (C=O) groups excluding carboxylic acids is 2. The number of hydrogen-bond donors (Lipinski definition) is 3. The van der Waals surface area contributed by atoms with Gasteiger partial charge in [0.2, 0.25) is 11.8 Å². The van der Waals surface area contributed by atoms with Gasteiger partial charge in [-0.3, -0.25) is 14.6 Å². The molecule has 1 heterocycles. The van der Waals surface area contributed by atoms with Gasteiger partial charge in [-0.05, 0) is 6.07 Å². The average molecular weight is 392 g/mol. The number of benzene rings is 1. The summed E-state index contributed by atoms with van der Waals surface area (Å²) < 4.78 is 0. The number of amides is 2. The molecule has 134 valence electrons. The van der Waals surface area contributed by atoms with Gasteiger partial charge in [-0.15, -0.1) is 0 Å². The maximum absolute atomic E-state index is 11.8. The molecule has 1 unspecified atom stereocenters. The lowest BCUT2D eigenvalue weighted by atomic mass is 9.97. The maximum Gasteiger partial charge on any atom is 0.232 e. The Morgan fingerprint density at radius 2 is 2.00 bits per heavy atom. The van der Waals surface area contributed by atoms with Crippen LogP contribution in [-0.4, -0.2) is 28.7 Å². The second-order valence-corrected chi connectivity index (χ2v) is 6.07. The van der Waals surface area contributed by atoms with Crippen molar-refractivity contribution in [3.8, 4) is 0 Å². The molecule has 0 aliphatic heterocycles. The lowest BCUT2D eigenvalue weighted by molar-refractivity contribution is -0.118. The second-order valence-electron chi connectivity index (χ2n) is 5.25. The molecule has 0 saturated carbocycles. The Hall–Kier alpha value is -2.77. The fourth-order valence-electron chi connectivity index (χ4n) is 2.07. The van der Waals surface area contributed by atoms with Gasteiger partial charge < -0.3 is 16.5 Å². The van der Waals surface area contributed by atoms with Gasteiger partial charge in [0.15, 0.2) is 0 Å². The van der Waals surface area contributed by atoms with E-state index in [0.717, 1.165) is 0 Å². The van der Waals surface area contributed by atoms with Gasteiger partial charge in [0.25, 0.3) is 0 Å². The molecule has 1 aromatic carbocycles. The van der Waals surface area contributed by atoms with E-state index in [1.165, 1.54) is 25.4 Å². The predicted molar refractivity (Wildman–Crippen MR) is 103 cm³/mol. The van der Waals surface area contributed by atoms with Crippen LogP contribution in [0.2, 0.25) is 10.0 Å². The average Bonchev–Trinajstić information content (AvgIpc) is 2.57.